The number of hydrogen-bond donors (Lipinski definition) is 8. The largest absolute Gasteiger partial charge is 0.480 e. The topological polar surface area (TPSA) is 352 Å². The van der Waals surface area contributed by atoms with Crippen LogP contribution >= 0.6 is 0 Å². The molecule has 8 N–H and O–H groups in total. The van der Waals surface area contributed by atoms with E-state index < -0.39 is 48.0 Å². The third-order valence-corrected chi connectivity index (χ3v) is 13.3. The summed E-state index contributed by atoms with van der Waals surface area (Å²) in [7, 11) is 3.16. The maximum atomic E-state index is 11.9. The smallest absolute Gasteiger partial charge is 0.317 e. The van der Waals surface area contributed by atoms with Gasteiger partial charge in [-0.25, -0.2) is 0 Å². The second-order valence-electron chi connectivity index (χ2n) is 20.0. The lowest BCUT2D eigenvalue weighted by Gasteiger charge is -2.35. The zero-order chi connectivity index (χ0) is 58.9. The number of aliphatic carboxylic acids is 6. The van der Waals surface area contributed by atoms with Gasteiger partial charge >= 0.3 is 35.8 Å². The Balaban J connectivity index is 2.37. The fourth-order valence-electron chi connectivity index (χ4n) is 9.11. The van der Waals surface area contributed by atoms with Gasteiger partial charge in [-0.05, 0) is 0 Å². The van der Waals surface area contributed by atoms with E-state index in [2.05, 4.69) is 0 Å². The number of β-amino-alcohol motifs (C(OH)–C–C–N with tert-alkyl or cyclic N) is 2. The number of ether oxygens (including phenoxy) is 6. The van der Waals surface area contributed by atoms with Crippen molar-refractivity contribution in [2.75, 3.05) is 277 Å². The Morgan fingerprint density at radius 3 is 0.738 bits per heavy atom. The first-order valence-corrected chi connectivity index (χ1v) is 27.5. The van der Waals surface area contributed by atoms with Crippen LogP contribution in [0.5, 0.6) is 0 Å². The number of rotatable bonds is 41. The highest BCUT2D eigenvalue weighted by Crippen LogP contribution is 2.08. The van der Waals surface area contributed by atoms with Gasteiger partial charge in [-0.3, -0.25) is 77.8 Å². The summed E-state index contributed by atoms with van der Waals surface area (Å²) in [6.45, 7) is 8.64. The van der Waals surface area contributed by atoms with Gasteiger partial charge in [-0.2, -0.15) is 0 Å². The second-order valence-corrected chi connectivity index (χ2v) is 20.0. The van der Waals surface area contributed by atoms with Gasteiger partial charge in [0.05, 0.1) is 118 Å². The lowest BCUT2D eigenvalue weighted by atomic mass is 10.2. The molecule has 2 aliphatic heterocycles. The summed E-state index contributed by atoms with van der Waals surface area (Å²) in [5.74, 6) is -6.28. The van der Waals surface area contributed by atoms with E-state index in [1.54, 1.807) is 43.6 Å². The standard InChI is InChI=1S/C50H96N10O20/c1-75-25-27-79-31-29-77-23-21-59(35-43(61)33-51-3-7-53(37-45(63)64)11-15-57(41-49(71)72)16-12-54(8-4-51)38-46(65)66)19-20-60(22-24-78-30-32-80-28-26-76-2)36-44(62)34-52-5-9-55(39-47(67)68)13-17-58(42-50(73)74)18-14-56(10-6-52)40-48(69)70/h43-44,61-62H,3-42H2,1-2H3,(H,63,64)(H,65,66)(H,67,68)(H,69,70)(H,71,72)(H,73,74). The van der Waals surface area contributed by atoms with Crippen molar-refractivity contribution < 1.29 is 98.0 Å². The van der Waals surface area contributed by atoms with E-state index in [1.807, 2.05) is 19.6 Å². The predicted octanol–water partition coefficient (Wildman–Crippen LogP) is -5.38. The molecule has 2 atom stereocenters. The average molecular weight is 1160 g/mol. The summed E-state index contributed by atoms with van der Waals surface area (Å²) in [6.07, 6.45) is -1.88. The van der Waals surface area contributed by atoms with Crippen LogP contribution in [0.25, 0.3) is 0 Å². The Morgan fingerprint density at radius 1 is 0.325 bits per heavy atom. The third kappa shape index (κ3) is 38.7. The lowest BCUT2D eigenvalue weighted by molar-refractivity contribution is -0.140. The van der Waals surface area contributed by atoms with E-state index in [1.165, 1.54) is 0 Å². The number of nitrogens with zero attached hydrogens (tertiary/aromatic N) is 10. The van der Waals surface area contributed by atoms with Gasteiger partial charge in [-0.15, -0.1) is 0 Å². The summed E-state index contributed by atoms with van der Waals surface area (Å²) >= 11 is 0. The molecule has 0 aromatic carbocycles. The summed E-state index contributed by atoms with van der Waals surface area (Å²) in [6, 6.07) is 0. The first kappa shape index (κ1) is 72.2. The molecule has 0 amide bonds. The Hall–Kier alpha value is -3.90. The van der Waals surface area contributed by atoms with E-state index in [9.17, 15) is 69.6 Å². The number of carbonyl (C=O) groups is 6. The van der Waals surface area contributed by atoms with Crippen LogP contribution in [-0.4, -0.2) is 415 Å². The van der Waals surface area contributed by atoms with Gasteiger partial charge < -0.3 is 69.3 Å². The molecular weight excluding hydrogens is 1060 g/mol. The molecule has 2 saturated heterocycles. The summed E-state index contributed by atoms with van der Waals surface area (Å²) < 4.78 is 33.1. The molecule has 0 spiro atoms. The molecule has 0 radical (unpaired) electrons. The lowest BCUT2D eigenvalue weighted by Crippen LogP contribution is -2.51. The van der Waals surface area contributed by atoms with Crippen molar-refractivity contribution in [1.82, 2.24) is 49.0 Å². The number of carboxylic acids is 6. The highest BCUT2D eigenvalue weighted by molar-refractivity contribution is 5.71. The SMILES string of the molecule is COCCOCCOCCN(CCN(CCOCCOCCOC)CC(O)CN1CCN(CC(=O)O)CCN(CC(=O)O)CCN(CC(=O)O)CC1)CC(O)CN1CCN(CC(=O)O)CCN(CC(=O)O)CCN(CC(=O)O)CC1. The minimum Gasteiger partial charge on any atom is -0.480 e. The van der Waals surface area contributed by atoms with Crippen LogP contribution in [0.2, 0.25) is 0 Å². The molecular formula is C50H96N10O20. The van der Waals surface area contributed by atoms with Crippen LogP contribution in [0.3, 0.4) is 0 Å². The van der Waals surface area contributed by atoms with Gasteiger partial charge in [0.15, 0.2) is 0 Å². The van der Waals surface area contributed by atoms with E-state index in [4.69, 9.17) is 28.4 Å². The minimum atomic E-state index is -1.05. The molecule has 0 aromatic rings. The molecule has 2 rings (SSSR count). The van der Waals surface area contributed by atoms with Crippen molar-refractivity contribution in [3.8, 4) is 0 Å². The molecule has 2 heterocycles. The molecule has 0 aromatic heterocycles. The monoisotopic (exact) mass is 1160 g/mol. The van der Waals surface area contributed by atoms with Crippen LogP contribution in [0.4, 0.5) is 0 Å². The normalized spacial score (nSPS) is 18.5. The van der Waals surface area contributed by atoms with Crippen LogP contribution in [0.1, 0.15) is 0 Å². The Bertz CT molecular complexity index is 1520. The first-order valence-electron chi connectivity index (χ1n) is 27.5. The molecule has 0 bridgehead atoms. The van der Waals surface area contributed by atoms with E-state index in [-0.39, 0.29) is 157 Å². The van der Waals surface area contributed by atoms with Crippen LogP contribution in [0, 0.1) is 0 Å². The molecule has 2 fully saturated rings. The van der Waals surface area contributed by atoms with Crippen molar-refractivity contribution >= 4 is 35.8 Å². The summed E-state index contributed by atoms with van der Waals surface area (Å²) in [5.41, 5.74) is 0. The van der Waals surface area contributed by atoms with Crippen molar-refractivity contribution in [3.05, 3.63) is 0 Å². The van der Waals surface area contributed by atoms with Gasteiger partial charge in [0.2, 0.25) is 0 Å². The highest BCUT2D eigenvalue weighted by atomic mass is 16.5. The van der Waals surface area contributed by atoms with E-state index in [0.717, 1.165) is 0 Å². The molecule has 2 unspecified atom stereocenters. The second kappa shape index (κ2) is 44.7. The number of methoxy groups -OCH3 is 2. The highest BCUT2D eigenvalue weighted by Gasteiger charge is 2.25. The molecule has 30 nitrogen and oxygen atoms in total. The average Bonchev–Trinajstić information content (AvgIpc) is 3.37. The van der Waals surface area contributed by atoms with Crippen molar-refractivity contribution in [1.29, 1.82) is 0 Å². The van der Waals surface area contributed by atoms with E-state index >= 15 is 0 Å². The fraction of sp³-hybridized carbons (Fsp3) is 0.880. The zero-order valence-corrected chi connectivity index (χ0v) is 47.4. The van der Waals surface area contributed by atoms with E-state index in [0.29, 0.717) is 105 Å². The summed E-state index contributed by atoms with van der Waals surface area (Å²) in [5, 5.41) is 81.7. The van der Waals surface area contributed by atoms with Gasteiger partial charge in [0, 0.05) is 171 Å². The van der Waals surface area contributed by atoms with Gasteiger partial charge in [-0.1, -0.05) is 0 Å². The molecule has 0 aliphatic carbocycles. The fourth-order valence-corrected chi connectivity index (χ4v) is 9.11. The zero-order valence-electron chi connectivity index (χ0n) is 47.4. The van der Waals surface area contributed by atoms with Crippen LogP contribution < -0.4 is 0 Å². The maximum absolute atomic E-state index is 11.9. The van der Waals surface area contributed by atoms with Crippen molar-refractivity contribution in [2.45, 2.75) is 12.2 Å². The van der Waals surface area contributed by atoms with Crippen molar-refractivity contribution in [2.24, 2.45) is 0 Å². The predicted molar refractivity (Wildman–Crippen MR) is 289 cm³/mol. The molecule has 80 heavy (non-hydrogen) atoms. The first-order chi connectivity index (χ1) is 38.3. The van der Waals surface area contributed by atoms with Crippen molar-refractivity contribution in [3.63, 3.8) is 0 Å². The molecule has 30 heteroatoms. The Morgan fingerprint density at radius 2 is 0.525 bits per heavy atom. The Kier molecular flexibility index (Phi) is 40.3. The Labute approximate surface area is 470 Å². The number of aliphatic hydroxyl groups excluding tert-OH is 2. The van der Waals surface area contributed by atoms with Crippen LogP contribution in [0.15, 0.2) is 0 Å². The molecule has 0 saturated carbocycles. The van der Waals surface area contributed by atoms with Crippen LogP contribution in [-0.2, 0) is 57.2 Å². The number of aliphatic hydroxyl groups is 2. The number of hydrogen-bond acceptors (Lipinski definition) is 24. The number of carboxylic acid groups (broad SMARTS) is 6. The molecule has 466 valence electrons. The minimum absolute atomic E-state index is 0.157. The third-order valence-electron chi connectivity index (χ3n) is 13.3. The molecule has 2 aliphatic rings. The maximum Gasteiger partial charge on any atom is 0.317 e. The van der Waals surface area contributed by atoms with Gasteiger partial charge in [0.25, 0.3) is 0 Å². The quantitative estimate of drug-likeness (QED) is 0.0265. The van der Waals surface area contributed by atoms with Gasteiger partial charge in [0.1, 0.15) is 0 Å². The summed E-state index contributed by atoms with van der Waals surface area (Å²) in [4.78, 5) is 89.2.